The summed E-state index contributed by atoms with van der Waals surface area (Å²) < 4.78 is 24.1. The Morgan fingerprint density at radius 1 is 1.31 bits per heavy atom. The fraction of sp³-hybridized carbons (Fsp3) is 0.235. The molecule has 1 aromatic heterocycles. The number of nitrogens with zero attached hydrogens (tertiary/aromatic N) is 2. The van der Waals surface area contributed by atoms with Crippen LogP contribution in [0.2, 0.25) is 0 Å². The van der Waals surface area contributed by atoms with Crippen LogP contribution in [0.25, 0.3) is 0 Å². The summed E-state index contributed by atoms with van der Waals surface area (Å²) in [6.45, 7) is 0.316. The lowest BCUT2D eigenvalue weighted by Gasteiger charge is -2.22. The highest BCUT2D eigenvalue weighted by Crippen LogP contribution is 2.37. The van der Waals surface area contributed by atoms with E-state index in [1.54, 1.807) is 42.7 Å². The SMILES string of the molecule is NC1=NS(=O)Nc2cccc(OCC3(NC(=O)c4ccncc4)CC3)c21. The van der Waals surface area contributed by atoms with Gasteiger partial charge in [-0.05, 0) is 37.1 Å². The number of pyridine rings is 1. The molecule has 1 saturated carbocycles. The van der Waals surface area contributed by atoms with Crippen LogP contribution < -0.4 is 20.5 Å². The molecule has 4 N–H and O–H groups in total. The molecule has 1 amide bonds. The van der Waals surface area contributed by atoms with E-state index in [0.29, 0.717) is 29.2 Å². The van der Waals surface area contributed by atoms with Gasteiger partial charge in [0, 0.05) is 18.0 Å². The number of ether oxygens (including phenoxy) is 1. The highest BCUT2D eigenvalue weighted by atomic mass is 32.2. The van der Waals surface area contributed by atoms with E-state index in [1.165, 1.54) is 0 Å². The monoisotopic (exact) mass is 371 g/mol. The first kappa shape index (κ1) is 16.5. The number of benzene rings is 1. The highest BCUT2D eigenvalue weighted by molar-refractivity contribution is 7.85. The molecule has 1 unspecified atom stereocenters. The Bertz CT molecular complexity index is 912. The summed E-state index contributed by atoms with van der Waals surface area (Å²) in [7, 11) is 0. The van der Waals surface area contributed by atoms with Crippen LogP contribution in [0.5, 0.6) is 5.75 Å². The first-order valence-corrected chi connectivity index (χ1v) is 9.18. The molecule has 1 aromatic carbocycles. The second-order valence-corrected chi connectivity index (χ2v) is 7.15. The van der Waals surface area contributed by atoms with Crippen molar-refractivity contribution in [1.29, 1.82) is 0 Å². The van der Waals surface area contributed by atoms with E-state index >= 15 is 0 Å². The standard InChI is InChI=1S/C17H17N5O3S/c18-15-14-12(21-26(24)22-15)2-1-3-13(14)25-10-17(6-7-17)20-16(23)11-4-8-19-9-5-11/h1-5,8-9,21H,6-7,10H2,(H2,18,22)(H,20,23). The Hall–Kier alpha value is -2.94. The van der Waals surface area contributed by atoms with Crippen molar-refractivity contribution in [2.75, 3.05) is 11.3 Å². The van der Waals surface area contributed by atoms with E-state index in [-0.39, 0.29) is 17.3 Å². The first-order valence-electron chi connectivity index (χ1n) is 8.08. The van der Waals surface area contributed by atoms with E-state index < -0.39 is 11.2 Å². The lowest BCUT2D eigenvalue weighted by molar-refractivity contribution is 0.0913. The first-order chi connectivity index (χ1) is 12.6. The summed E-state index contributed by atoms with van der Waals surface area (Å²) >= 11 is -1.58. The molecule has 2 heterocycles. The molecule has 0 spiro atoms. The number of amides is 1. The van der Waals surface area contributed by atoms with Crippen molar-refractivity contribution in [2.24, 2.45) is 10.1 Å². The molecule has 2 aliphatic rings. The number of hydrogen-bond acceptors (Lipinski definition) is 5. The lowest BCUT2D eigenvalue weighted by atomic mass is 10.1. The average molecular weight is 371 g/mol. The molecule has 0 saturated heterocycles. The van der Waals surface area contributed by atoms with Crippen molar-refractivity contribution in [2.45, 2.75) is 18.4 Å². The number of amidine groups is 1. The summed E-state index contributed by atoms with van der Waals surface area (Å²) in [5.41, 5.74) is 7.28. The third-order valence-electron chi connectivity index (χ3n) is 4.34. The molecular weight excluding hydrogens is 354 g/mol. The number of nitrogens with one attached hydrogen (secondary N) is 2. The zero-order valence-corrected chi connectivity index (χ0v) is 14.6. The van der Waals surface area contributed by atoms with Crippen LogP contribution in [0.4, 0.5) is 5.69 Å². The minimum atomic E-state index is -1.58. The van der Waals surface area contributed by atoms with Gasteiger partial charge in [0.1, 0.15) is 18.2 Å². The van der Waals surface area contributed by atoms with Crippen molar-refractivity contribution in [1.82, 2.24) is 10.3 Å². The topological polar surface area (TPSA) is 119 Å². The predicted molar refractivity (Wildman–Crippen MR) is 98.1 cm³/mol. The fourth-order valence-electron chi connectivity index (χ4n) is 2.74. The van der Waals surface area contributed by atoms with Crippen LogP contribution >= 0.6 is 0 Å². The van der Waals surface area contributed by atoms with E-state index in [2.05, 4.69) is 19.4 Å². The Morgan fingerprint density at radius 2 is 2.08 bits per heavy atom. The van der Waals surface area contributed by atoms with Gasteiger partial charge in [-0.15, -0.1) is 0 Å². The third kappa shape index (κ3) is 3.25. The number of aromatic nitrogens is 1. The Balaban J connectivity index is 1.47. The van der Waals surface area contributed by atoms with Gasteiger partial charge in [-0.25, -0.2) is 4.21 Å². The quantitative estimate of drug-likeness (QED) is 0.728. The lowest BCUT2D eigenvalue weighted by Crippen LogP contribution is -2.41. The largest absolute Gasteiger partial charge is 0.490 e. The van der Waals surface area contributed by atoms with Gasteiger partial charge in [0.05, 0.1) is 16.8 Å². The molecule has 4 rings (SSSR count). The van der Waals surface area contributed by atoms with Gasteiger partial charge in [0.2, 0.25) is 11.2 Å². The number of hydrogen-bond donors (Lipinski definition) is 3. The minimum Gasteiger partial charge on any atom is -0.490 e. The smallest absolute Gasteiger partial charge is 0.251 e. The molecule has 134 valence electrons. The zero-order valence-electron chi connectivity index (χ0n) is 13.8. The maximum absolute atomic E-state index is 12.4. The molecular formula is C17H17N5O3S. The third-order valence-corrected chi connectivity index (χ3v) is 5.10. The van der Waals surface area contributed by atoms with Gasteiger partial charge in [0.15, 0.2) is 0 Å². The van der Waals surface area contributed by atoms with Crippen molar-refractivity contribution in [3.8, 4) is 5.75 Å². The van der Waals surface area contributed by atoms with Crippen LogP contribution in [-0.2, 0) is 11.2 Å². The number of fused-ring (bicyclic) bond motifs is 1. The van der Waals surface area contributed by atoms with Gasteiger partial charge in [0.25, 0.3) is 5.91 Å². The number of carbonyl (C=O) groups excluding carboxylic acids is 1. The normalized spacial score (nSPS) is 19.5. The molecule has 26 heavy (non-hydrogen) atoms. The van der Waals surface area contributed by atoms with Gasteiger partial charge < -0.3 is 15.8 Å². The maximum atomic E-state index is 12.4. The van der Waals surface area contributed by atoms with Crippen molar-refractivity contribution in [3.05, 3.63) is 53.9 Å². The Kier molecular flexibility index (Phi) is 4.08. The van der Waals surface area contributed by atoms with Gasteiger partial charge >= 0.3 is 0 Å². The molecule has 1 fully saturated rings. The van der Waals surface area contributed by atoms with Crippen LogP contribution in [0.15, 0.2) is 47.1 Å². The number of anilines is 1. The molecule has 9 heteroatoms. The molecule has 2 aromatic rings. The highest BCUT2D eigenvalue weighted by Gasteiger charge is 2.45. The maximum Gasteiger partial charge on any atom is 0.251 e. The van der Waals surface area contributed by atoms with Crippen LogP contribution in [-0.4, -0.2) is 33.1 Å². The predicted octanol–water partition coefficient (Wildman–Crippen LogP) is 1.13. The van der Waals surface area contributed by atoms with Gasteiger partial charge in [-0.2, -0.15) is 4.40 Å². The second-order valence-electron chi connectivity index (χ2n) is 6.27. The zero-order chi connectivity index (χ0) is 18.1. The van der Waals surface area contributed by atoms with Crippen LogP contribution in [0.3, 0.4) is 0 Å². The molecule has 0 radical (unpaired) electrons. The van der Waals surface area contributed by atoms with Crippen molar-refractivity contribution in [3.63, 3.8) is 0 Å². The van der Waals surface area contributed by atoms with Crippen LogP contribution in [0, 0.1) is 0 Å². The van der Waals surface area contributed by atoms with E-state index in [9.17, 15) is 9.00 Å². The fourth-order valence-corrected chi connectivity index (χ4v) is 3.41. The summed E-state index contributed by atoms with van der Waals surface area (Å²) in [5, 5.41) is 3.03. The number of nitrogens with two attached hydrogens (primary N) is 1. The Morgan fingerprint density at radius 3 is 2.81 bits per heavy atom. The van der Waals surface area contributed by atoms with E-state index in [0.717, 1.165) is 12.8 Å². The van der Waals surface area contributed by atoms with Crippen molar-refractivity contribution < 1.29 is 13.7 Å². The minimum absolute atomic E-state index is 0.151. The van der Waals surface area contributed by atoms with E-state index in [1.807, 2.05) is 0 Å². The number of rotatable bonds is 5. The summed E-state index contributed by atoms with van der Waals surface area (Å²) in [4.78, 5) is 16.3. The van der Waals surface area contributed by atoms with Crippen LogP contribution in [0.1, 0.15) is 28.8 Å². The molecule has 1 atom stereocenters. The molecule has 1 aliphatic carbocycles. The average Bonchev–Trinajstić information content (AvgIpc) is 3.40. The van der Waals surface area contributed by atoms with Gasteiger partial charge in [-0.3, -0.25) is 14.5 Å². The molecule has 0 bridgehead atoms. The summed E-state index contributed by atoms with van der Waals surface area (Å²) in [5.74, 6) is 0.553. The Labute approximate surface area is 152 Å². The molecule has 8 nitrogen and oxygen atoms in total. The van der Waals surface area contributed by atoms with Crippen molar-refractivity contribution >= 4 is 28.6 Å². The number of carbonyl (C=O) groups is 1. The molecule has 1 aliphatic heterocycles. The second kappa shape index (κ2) is 6.41. The summed E-state index contributed by atoms with van der Waals surface area (Å²) in [6.07, 6.45) is 4.84. The summed E-state index contributed by atoms with van der Waals surface area (Å²) in [6, 6.07) is 8.66. The van der Waals surface area contributed by atoms with E-state index in [4.69, 9.17) is 10.5 Å². The van der Waals surface area contributed by atoms with Gasteiger partial charge in [-0.1, -0.05) is 6.07 Å².